The number of hydrogen-bond acceptors (Lipinski definition) is 1. The van der Waals surface area contributed by atoms with Gasteiger partial charge in [0.2, 0.25) is 5.75 Å². The lowest BCUT2D eigenvalue weighted by molar-refractivity contribution is 0.227. The van der Waals surface area contributed by atoms with Crippen LogP contribution in [-0.2, 0) is 0 Å². The molecule has 8 heteroatoms. The van der Waals surface area contributed by atoms with Crippen LogP contribution < -0.4 is 4.74 Å². The van der Waals surface area contributed by atoms with Crippen LogP contribution in [0.15, 0.2) is 48.0 Å². The number of ether oxygens (including phenoxy) is 1. The molecule has 1 saturated carbocycles. The van der Waals surface area contributed by atoms with Crippen LogP contribution in [0.2, 0.25) is 0 Å². The van der Waals surface area contributed by atoms with E-state index in [0.717, 1.165) is 37.8 Å². The molecule has 1 aliphatic carbocycles. The first-order valence-electron chi connectivity index (χ1n) is 9.22. The summed E-state index contributed by atoms with van der Waals surface area (Å²) in [7, 11) is 0. The normalized spacial score (nSPS) is 16.4. The second kappa shape index (κ2) is 8.93. The number of allylic oxidation sites excluding steroid dienone is 2. The summed E-state index contributed by atoms with van der Waals surface area (Å²) in [5.41, 5.74) is 0.552. The molecule has 0 unspecified atom stereocenters. The van der Waals surface area contributed by atoms with Crippen molar-refractivity contribution in [1.29, 1.82) is 0 Å². The van der Waals surface area contributed by atoms with Crippen LogP contribution in [0.25, 0.3) is 11.1 Å². The molecule has 160 valence electrons. The zero-order valence-corrected chi connectivity index (χ0v) is 15.8. The van der Waals surface area contributed by atoms with Crippen LogP contribution in [0, 0.1) is 23.3 Å². The minimum absolute atomic E-state index is 0.0404. The highest BCUT2D eigenvalue weighted by molar-refractivity contribution is 5.67. The van der Waals surface area contributed by atoms with E-state index in [0.29, 0.717) is 17.7 Å². The highest BCUT2D eigenvalue weighted by Crippen LogP contribution is 2.39. The van der Waals surface area contributed by atoms with Crippen LogP contribution in [0.5, 0.6) is 5.75 Å². The molecule has 0 aromatic heterocycles. The molecule has 0 bridgehead atoms. The van der Waals surface area contributed by atoms with Gasteiger partial charge in [0, 0.05) is 0 Å². The Morgan fingerprint density at radius 2 is 1.40 bits per heavy atom. The molecule has 1 aliphatic rings. The van der Waals surface area contributed by atoms with Crippen LogP contribution >= 0.6 is 0 Å². The first kappa shape index (κ1) is 21.9. The molecule has 3 rings (SSSR count). The summed E-state index contributed by atoms with van der Waals surface area (Å²) in [5.74, 6) is -6.69. The fourth-order valence-electron chi connectivity index (χ4n) is 3.64. The van der Waals surface area contributed by atoms with E-state index in [-0.39, 0.29) is 5.92 Å². The van der Waals surface area contributed by atoms with Gasteiger partial charge in [-0.25, -0.2) is 17.6 Å². The van der Waals surface area contributed by atoms with Gasteiger partial charge in [0.15, 0.2) is 11.6 Å². The maximum absolute atomic E-state index is 14.7. The smallest absolute Gasteiger partial charge is 0.344 e. The van der Waals surface area contributed by atoms with Crippen molar-refractivity contribution >= 4 is 0 Å². The second-order valence-corrected chi connectivity index (χ2v) is 6.99. The van der Waals surface area contributed by atoms with Crippen molar-refractivity contribution in [3.63, 3.8) is 0 Å². The fraction of sp³-hybridized carbons (Fsp3) is 0.273. The molecule has 0 radical (unpaired) electrons. The number of hydrogen-bond donors (Lipinski definition) is 0. The predicted molar refractivity (Wildman–Crippen MR) is 97.7 cm³/mol. The molecule has 0 heterocycles. The highest BCUT2D eigenvalue weighted by atomic mass is 19.3. The van der Waals surface area contributed by atoms with E-state index in [9.17, 15) is 30.7 Å². The Balaban J connectivity index is 1.94. The first-order valence-corrected chi connectivity index (χ1v) is 9.22. The predicted octanol–water partition coefficient (Wildman–Crippen LogP) is 7.93. The van der Waals surface area contributed by atoms with Gasteiger partial charge in [-0.3, -0.25) is 0 Å². The summed E-state index contributed by atoms with van der Waals surface area (Å²) in [5, 5.41) is 0. The van der Waals surface area contributed by atoms with Crippen LogP contribution in [0.1, 0.15) is 44.1 Å². The van der Waals surface area contributed by atoms with Gasteiger partial charge in [-0.2, -0.15) is 13.2 Å². The van der Waals surface area contributed by atoms with Crippen molar-refractivity contribution in [3.05, 3.63) is 76.8 Å². The average molecular weight is 430 g/mol. The maximum Gasteiger partial charge on any atom is 0.344 e. The second-order valence-electron chi connectivity index (χ2n) is 6.99. The standard InChI is InChI=1S/C22H17F7O/c1-2-11-3-5-12(6-4-11)13-7-15(23)19(16(24)8-13)14-9-17(25)20(18(26)10-14)30-22(29)21(27)28/h2,7-10,12H,3-6H2,1H3. The lowest BCUT2D eigenvalue weighted by Gasteiger charge is -2.24. The third-order valence-corrected chi connectivity index (χ3v) is 5.20. The Morgan fingerprint density at radius 3 is 1.87 bits per heavy atom. The van der Waals surface area contributed by atoms with E-state index in [2.05, 4.69) is 4.74 Å². The van der Waals surface area contributed by atoms with Crippen molar-refractivity contribution in [2.45, 2.75) is 38.5 Å². The molecule has 0 amide bonds. The molecular weight excluding hydrogens is 413 g/mol. The Hall–Kier alpha value is -2.77. The average Bonchev–Trinajstić information content (AvgIpc) is 2.70. The van der Waals surface area contributed by atoms with Crippen molar-refractivity contribution in [3.8, 4) is 16.9 Å². The molecule has 0 aliphatic heterocycles. The van der Waals surface area contributed by atoms with Crippen LogP contribution in [-0.4, -0.2) is 0 Å². The minimum Gasteiger partial charge on any atom is -0.422 e. The number of rotatable bonds is 4. The molecule has 0 spiro atoms. The van der Waals surface area contributed by atoms with E-state index < -0.39 is 52.2 Å². The summed E-state index contributed by atoms with van der Waals surface area (Å²) in [6.45, 7) is 1.94. The van der Waals surface area contributed by atoms with E-state index in [4.69, 9.17) is 0 Å². The van der Waals surface area contributed by atoms with Crippen molar-refractivity contribution in [2.24, 2.45) is 0 Å². The van der Waals surface area contributed by atoms with Crippen molar-refractivity contribution < 1.29 is 35.5 Å². The SMILES string of the molecule is CC=C1CCC(c2cc(F)c(-c3cc(F)c(OC(F)=C(F)F)c(F)c3)c(F)c2)CC1. The largest absolute Gasteiger partial charge is 0.422 e. The first-order chi connectivity index (χ1) is 14.2. The quantitative estimate of drug-likeness (QED) is 0.272. The number of halogens is 7. The molecule has 0 atom stereocenters. The molecule has 0 saturated heterocycles. The van der Waals surface area contributed by atoms with Gasteiger partial charge in [0.1, 0.15) is 11.6 Å². The molecule has 2 aromatic carbocycles. The molecule has 2 aromatic rings. The highest BCUT2D eigenvalue weighted by Gasteiger charge is 2.24. The summed E-state index contributed by atoms with van der Waals surface area (Å²) in [6.07, 6.45) is 2.24. The monoisotopic (exact) mass is 430 g/mol. The van der Waals surface area contributed by atoms with E-state index in [1.54, 1.807) is 0 Å². The summed E-state index contributed by atoms with van der Waals surface area (Å²) >= 11 is 0. The summed E-state index contributed by atoms with van der Waals surface area (Å²) < 4.78 is 98.4. The zero-order valence-electron chi connectivity index (χ0n) is 15.8. The van der Waals surface area contributed by atoms with E-state index >= 15 is 0 Å². The zero-order chi connectivity index (χ0) is 22.0. The minimum atomic E-state index is -2.91. The van der Waals surface area contributed by atoms with Gasteiger partial charge in [0.05, 0.1) is 5.56 Å². The lowest BCUT2D eigenvalue weighted by Crippen LogP contribution is -2.08. The number of benzene rings is 2. The maximum atomic E-state index is 14.7. The molecule has 1 nitrogen and oxygen atoms in total. The van der Waals surface area contributed by atoms with Crippen LogP contribution in [0.3, 0.4) is 0 Å². The molecular formula is C22H17F7O. The van der Waals surface area contributed by atoms with E-state index in [1.807, 2.05) is 13.0 Å². The Kier molecular flexibility index (Phi) is 6.53. The lowest BCUT2D eigenvalue weighted by atomic mass is 9.81. The van der Waals surface area contributed by atoms with Gasteiger partial charge in [0.25, 0.3) is 0 Å². The summed E-state index contributed by atoms with van der Waals surface area (Å²) in [4.78, 5) is 0. The molecule has 0 N–H and O–H groups in total. The Labute approximate surface area is 168 Å². The summed E-state index contributed by atoms with van der Waals surface area (Å²) in [6, 6.07) is 0.760. The van der Waals surface area contributed by atoms with Crippen molar-refractivity contribution in [2.75, 3.05) is 0 Å². The third-order valence-electron chi connectivity index (χ3n) is 5.20. The van der Waals surface area contributed by atoms with Gasteiger partial charge in [-0.05, 0) is 73.9 Å². The third kappa shape index (κ3) is 4.52. The van der Waals surface area contributed by atoms with Gasteiger partial charge >= 0.3 is 12.1 Å². The topological polar surface area (TPSA) is 9.23 Å². The van der Waals surface area contributed by atoms with Gasteiger partial charge < -0.3 is 4.74 Å². The Morgan fingerprint density at radius 1 is 0.867 bits per heavy atom. The van der Waals surface area contributed by atoms with E-state index in [1.165, 1.54) is 5.57 Å². The molecule has 30 heavy (non-hydrogen) atoms. The fourth-order valence-corrected chi connectivity index (χ4v) is 3.64. The van der Waals surface area contributed by atoms with Crippen molar-refractivity contribution in [1.82, 2.24) is 0 Å². The van der Waals surface area contributed by atoms with Gasteiger partial charge in [-0.15, -0.1) is 0 Å². The van der Waals surface area contributed by atoms with Gasteiger partial charge in [-0.1, -0.05) is 11.6 Å². The molecule has 1 fully saturated rings. The Bertz CT molecular complexity index is 966. The van der Waals surface area contributed by atoms with Crippen LogP contribution in [0.4, 0.5) is 30.7 Å².